The first kappa shape index (κ1) is 15.4. The Morgan fingerprint density at radius 2 is 2.22 bits per heavy atom. The van der Waals surface area contributed by atoms with Gasteiger partial charge in [0.25, 0.3) is 0 Å². The van der Waals surface area contributed by atoms with Gasteiger partial charge in [-0.3, -0.25) is 4.79 Å². The van der Waals surface area contributed by atoms with Crippen molar-refractivity contribution in [2.24, 2.45) is 5.73 Å². The molecule has 1 amide bonds. The topological polar surface area (TPSA) is 98.5 Å². The SMILES string of the molecule is CC(NC(=O)C(N)CCS(C)(=O)=O)C1CCCO1. The zero-order valence-electron chi connectivity index (χ0n) is 10.9. The summed E-state index contributed by atoms with van der Waals surface area (Å²) in [4.78, 5) is 11.7. The lowest BCUT2D eigenvalue weighted by Crippen LogP contribution is -2.48. The first-order valence-corrected chi connectivity index (χ1v) is 8.21. The monoisotopic (exact) mass is 278 g/mol. The third-order valence-corrected chi connectivity index (χ3v) is 4.01. The number of carbonyl (C=O) groups excluding carboxylic acids is 1. The molecule has 1 rings (SSSR count). The summed E-state index contributed by atoms with van der Waals surface area (Å²) in [6.07, 6.45) is 3.25. The van der Waals surface area contributed by atoms with Crippen molar-refractivity contribution in [3.63, 3.8) is 0 Å². The van der Waals surface area contributed by atoms with E-state index in [9.17, 15) is 13.2 Å². The molecule has 1 saturated heterocycles. The molecule has 7 heteroatoms. The van der Waals surface area contributed by atoms with E-state index in [4.69, 9.17) is 10.5 Å². The molecule has 18 heavy (non-hydrogen) atoms. The van der Waals surface area contributed by atoms with Crippen molar-refractivity contribution in [2.45, 2.75) is 44.4 Å². The highest BCUT2D eigenvalue weighted by Gasteiger charge is 2.25. The fraction of sp³-hybridized carbons (Fsp3) is 0.909. The molecule has 0 aliphatic carbocycles. The minimum atomic E-state index is -3.08. The predicted molar refractivity (Wildman–Crippen MR) is 68.9 cm³/mol. The number of sulfone groups is 1. The Morgan fingerprint density at radius 3 is 2.72 bits per heavy atom. The minimum absolute atomic E-state index is 0.0380. The molecule has 0 aromatic heterocycles. The first-order chi connectivity index (χ1) is 8.29. The van der Waals surface area contributed by atoms with Gasteiger partial charge in [-0.05, 0) is 26.2 Å². The third kappa shape index (κ3) is 5.32. The van der Waals surface area contributed by atoms with Crippen molar-refractivity contribution in [2.75, 3.05) is 18.6 Å². The average molecular weight is 278 g/mol. The molecule has 0 aromatic carbocycles. The van der Waals surface area contributed by atoms with E-state index in [-0.39, 0.29) is 30.2 Å². The first-order valence-electron chi connectivity index (χ1n) is 6.15. The predicted octanol–water partition coefficient (Wildman–Crippen LogP) is -0.568. The van der Waals surface area contributed by atoms with Crippen molar-refractivity contribution in [1.82, 2.24) is 5.32 Å². The molecule has 1 aliphatic heterocycles. The zero-order valence-corrected chi connectivity index (χ0v) is 11.7. The van der Waals surface area contributed by atoms with Crippen molar-refractivity contribution in [1.29, 1.82) is 0 Å². The Kier molecular flexibility index (Phi) is 5.55. The van der Waals surface area contributed by atoms with Crippen LogP contribution in [0.5, 0.6) is 0 Å². The summed E-state index contributed by atoms with van der Waals surface area (Å²) in [6, 6.07) is -0.882. The van der Waals surface area contributed by atoms with Crippen LogP contribution in [-0.2, 0) is 19.4 Å². The summed E-state index contributed by atoms with van der Waals surface area (Å²) in [5, 5.41) is 2.77. The molecule has 106 valence electrons. The lowest BCUT2D eigenvalue weighted by molar-refractivity contribution is -0.123. The van der Waals surface area contributed by atoms with Gasteiger partial charge >= 0.3 is 0 Å². The molecule has 3 N–H and O–H groups in total. The lowest BCUT2D eigenvalue weighted by atomic mass is 10.1. The molecular formula is C11H22N2O4S. The second kappa shape index (κ2) is 6.49. The molecule has 0 radical (unpaired) electrons. The van der Waals surface area contributed by atoms with Gasteiger partial charge in [0.05, 0.1) is 23.9 Å². The van der Waals surface area contributed by atoms with E-state index in [0.717, 1.165) is 25.7 Å². The standard InChI is InChI=1S/C11H22N2O4S/c1-8(10-4-3-6-17-10)13-11(14)9(12)5-7-18(2,15)16/h8-10H,3-7,12H2,1-2H3,(H,13,14). The maximum absolute atomic E-state index is 11.7. The van der Waals surface area contributed by atoms with E-state index in [2.05, 4.69) is 5.32 Å². The van der Waals surface area contributed by atoms with Crippen LogP contribution in [0.2, 0.25) is 0 Å². The molecule has 1 fully saturated rings. The van der Waals surface area contributed by atoms with Crippen LogP contribution in [0, 0.1) is 0 Å². The van der Waals surface area contributed by atoms with Gasteiger partial charge in [0.2, 0.25) is 5.91 Å². The number of hydrogen-bond acceptors (Lipinski definition) is 5. The number of ether oxygens (including phenoxy) is 1. The highest BCUT2D eigenvalue weighted by atomic mass is 32.2. The lowest BCUT2D eigenvalue weighted by Gasteiger charge is -2.22. The van der Waals surface area contributed by atoms with Crippen LogP contribution < -0.4 is 11.1 Å². The molecule has 0 bridgehead atoms. The number of rotatable bonds is 6. The maximum atomic E-state index is 11.7. The molecule has 1 heterocycles. The van der Waals surface area contributed by atoms with Crippen LogP contribution in [0.15, 0.2) is 0 Å². The van der Waals surface area contributed by atoms with E-state index >= 15 is 0 Å². The van der Waals surface area contributed by atoms with Crippen molar-refractivity contribution in [3.05, 3.63) is 0 Å². The summed E-state index contributed by atoms with van der Waals surface area (Å²) < 4.78 is 27.4. The Labute approximate surface area is 108 Å². The summed E-state index contributed by atoms with van der Waals surface area (Å²) in [5.41, 5.74) is 5.65. The Balaban J connectivity index is 2.34. The smallest absolute Gasteiger partial charge is 0.237 e. The average Bonchev–Trinajstić information content (AvgIpc) is 2.77. The summed E-state index contributed by atoms with van der Waals surface area (Å²) in [5.74, 6) is -0.391. The number of amides is 1. The summed E-state index contributed by atoms with van der Waals surface area (Å²) in [7, 11) is -3.08. The van der Waals surface area contributed by atoms with E-state index in [1.54, 1.807) is 0 Å². The molecule has 3 unspecified atom stereocenters. The highest BCUT2D eigenvalue weighted by Crippen LogP contribution is 2.15. The Hall–Kier alpha value is -0.660. The van der Waals surface area contributed by atoms with Gasteiger partial charge in [0.15, 0.2) is 0 Å². The van der Waals surface area contributed by atoms with E-state index < -0.39 is 15.9 Å². The molecule has 6 nitrogen and oxygen atoms in total. The van der Waals surface area contributed by atoms with Crippen LogP contribution in [0.25, 0.3) is 0 Å². The van der Waals surface area contributed by atoms with Crippen LogP contribution in [0.4, 0.5) is 0 Å². The number of nitrogens with one attached hydrogen (secondary N) is 1. The fourth-order valence-corrected chi connectivity index (χ4v) is 2.58. The third-order valence-electron chi connectivity index (χ3n) is 3.03. The van der Waals surface area contributed by atoms with Gasteiger partial charge in [-0.2, -0.15) is 0 Å². The largest absolute Gasteiger partial charge is 0.376 e. The second-order valence-electron chi connectivity index (χ2n) is 4.87. The Bertz CT molecular complexity index is 377. The maximum Gasteiger partial charge on any atom is 0.237 e. The van der Waals surface area contributed by atoms with Crippen molar-refractivity contribution < 1.29 is 17.9 Å². The van der Waals surface area contributed by atoms with Gasteiger partial charge < -0.3 is 15.8 Å². The molecule has 0 spiro atoms. The van der Waals surface area contributed by atoms with Crippen molar-refractivity contribution in [3.8, 4) is 0 Å². The summed E-state index contributed by atoms with van der Waals surface area (Å²) in [6.45, 7) is 2.60. The minimum Gasteiger partial charge on any atom is -0.376 e. The second-order valence-corrected chi connectivity index (χ2v) is 7.13. The van der Waals surface area contributed by atoms with Crippen LogP contribution in [0.1, 0.15) is 26.2 Å². The molecule has 0 aromatic rings. The zero-order chi connectivity index (χ0) is 13.8. The molecule has 0 saturated carbocycles. The molecule has 1 aliphatic rings. The normalized spacial score (nSPS) is 23.6. The number of carbonyl (C=O) groups is 1. The van der Waals surface area contributed by atoms with Gasteiger partial charge in [-0.1, -0.05) is 0 Å². The quantitative estimate of drug-likeness (QED) is 0.678. The van der Waals surface area contributed by atoms with Gasteiger partial charge in [-0.25, -0.2) is 8.42 Å². The molecular weight excluding hydrogens is 256 g/mol. The molecule has 3 atom stereocenters. The Morgan fingerprint density at radius 1 is 1.56 bits per heavy atom. The van der Waals surface area contributed by atoms with E-state index in [1.165, 1.54) is 0 Å². The van der Waals surface area contributed by atoms with Crippen LogP contribution in [0.3, 0.4) is 0 Å². The fourth-order valence-electron chi connectivity index (χ4n) is 1.89. The van der Waals surface area contributed by atoms with Gasteiger partial charge in [-0.15, -0.1) is 0 Å². The number of hydrogen-bond donors (Lipinski definition) is 2. The number of nitrogens with two attached hydrogens (primary N) is 1. The van der Waals surface area contributed by atoms with E-state index in [0.29, 0.717) is 0 Å². The van der Waals surface area contributed by atoms with E-state index in [1.807, 2.05) is 6.92 Å². The van der Waals surface area contributed by atoms with Gasteiger partial charge in [0, 0.05) is 12.9 Å². The summed E-state index contributed by atoms with van der Waals surface area (Å²) >= 11 is 0. The van der Waals surface area contributed by atoms with Gasteiger partial charge in [0.1, 0.15) is 9.84 Å². The van der Waals surface area contributed by atoms with Crippen LogP contribution in [-0.4, -0.2) is 51.1 Å². The highest BCUT2D eigenvalue weighted by molar-refractivity contribution is 7.90. The van der Waals surface area contributed by atoms with Crippen molar-refractivity contribution >= 4 is 15.7 Å². The van der Waals surface area contributed by atoms with Crippen LogP contribution >= 0.6 is 0 Å².